The molecule has 0 aromatic carbocycles. The summed E-state index contributed by atoms with van der Waals surface area (Å²) in [7, 11) is 0. The Morgan fingerprint density at radius 3 is 2.73 bits per heavy atom. The van der Waals surface area contributed by atoms with Crippen molar-refractivity contribution >= 4 is 0 Å². The molecule has 0 aliphatic carbocycles. The van der Waals surface area contributed by atoms with Crippen molar-refractivity contribution in [3.63, 3.8) is 0 Å². The van der Waals surface area contributed by atoms with Crippen molar-refractivity contribution in [3.8, 4) is 0 Å². The number of imidazole rings is 1. The maximum absolute atomic E-state index is 9.09. The monoisotopic (exact) mass is 154 g/mol. The zero-order chi connectivity index (χ0) is 8.27. The van der Waals surface area contributed by atoms with Crippen molar-refractivity contribution in [3.05, 3.63) is 18.7 Å². The lowest BCUT2D eigenvalue weighted by molar-refractivity contribution is 0.165. The summed E-state index contributed by atoms with van der Waals surface area (Å²) in [5.41, 5.74) is 0. The maximum atomic E-state index is 9.09. The summed E-state index contributed by atoms with van der Waals surface area (Å²) >= 11 is 0. The molecule has 3 nitrogen and oxygen atoms in total. The number of aliphatic hydroxyl groups is 1. The summed E-state index contributed by atoms with van der Waals surface area (Å²) in [6, 6.07) is 0.331. The van der Waals surface area contributed by atoms with Crippen LogP contribution in [0.4, 0.5) is 0 Å². The van der Waals surface area contributed by atoms with Gasteiger partial charge in [-0.2, -0.15) is 0 Å². The van der Waals surface area contributed by atoms with Crippen LogP contribution in [0.25, 0.3) is 0 Å². The van der Waals surface area contributed by atoms with Gasteiger partial charge in [0.15, 0.2) is 0 Å². The van der Waals surface area contributed by atoms with Gasteiger partial charge in [0.2, 0.25) is 0 Å². The topological polar surface area (TPSA) is 38.0 Å². The fourth-order valence-electron chi connectivity index (χ4n) is 1.15. The average Bonchev–Trinajstić information content (AvgIpc) is 2.35. The predicted molar refractivity (Wildman–Crippen MR) is 43.2 cm³/mol. The Labute approximate surface area is 66.7 Å². The van der Waals surface area contributed by atoms with Crippen LogP contribution in [-0.2, 0) is 0 Å². The lowest BCUT2D eigenvalue weighted by Crippen LogP contribution is -2.10. The highest BCUT2D eigenvalue weighted by molar-refractivity contribution is 4.79. The molecule has 1 heterocycles. The molecule has 0 saturated heterocycles. The molecule has 0 saturated carbocycles. The van der Waals surface area contributed by atoms with Gasteiger partial charge in [-0.3, -0.25) is 0 Å². The third-order valence-corrected chi connectivity index (χ3v) is 1.72. The largest absolute Gasteiger partial charge is 0.393 e. The highest BCUT2D eigenvalue weighted by atomic mass is 16.3. The molecule has 1 N–H and O–H groups in total. The highest BCUT2D eigenvalue weighted by Gasteiger charge is 2.06. The first kappa shape index (κ1) is 8.27. The average molecular weight is 154 g/mol. The standard InChI is InChI=1S/C8H14N2O/c1-7(5-8(2)11)10-4-3-9-6-10/h3-4,6-8,11H,5H2,1-2H3. The first-order chi connectivity index (χ1) is 5.20. The summed E-state index contributed by atoms with van der Waals surface area (Å²) in [5, 5.41) is 9.09. The van der Waals surface area contributed by atoms with Crippen LogP contribution in [-0.4, -0.2) is 20.8 Å². The summed E-state index contributed by atoms with van der Waals surface area (Å²) < 4.78 is 1.99. The van der Waals surface area contributed by atoms with Gasteiger partial charge in [0.05, 0.1) is 12.4 Å². The van der Waals surface area contributed by atoms with Crippen molar-refractivity contribution in [2.45, 2.75) is 32.4 Å². The van der Waals surface area contributed by atoms with Crippen LogP contribution in [0.2, 0.25) is 0 Å². The fraction of sp³-hybridized carbons (Fsp3) is 0.625. The van der Waals surface area contributed by atoms with Gasteiger partial charge in [-0.05, 0) is 20.3 Å². The van der Waals surface area contributed by atoms with Crippen LogP contribution in [0, 0.1) is 0 Å². The maximum Gasteiger partial charge on any atom is 0.0948 e. The molecule has 1 rings (SSSR count). The predicted octanol–water partition coefficient (Wildman–Crippen LogP) is 1.21. The van der Waals surface area contributed by atoms with Gasteiger partial charge >= 0.3 is 0 Å². The molecule has 0 radical (unpaired) electrons. The molecule has 0 amide bonds. The van der Waals surface area contributed by atoms with Crippen LogP contribution in [0.15, 0.2) is 18.7 Å². The molecule has 0 spiro atoms. The minimum absolute atomic E-state index is 0.243. The Morgan fingerprint density at radius 1 is 1.55 bits per heavy atom. The molecule has 1 aromatic heterocycles. The SMILES string of the molecule is CC(O)CC(C)n1ccnc1. The van der Waals surface area contributed by atoms with E-state index in [0.717, 1.165) is 6.42 Å². The lowest BCUT2D eigenvalue weighted by Gasteiger charge is -2.13. The van der Waals surface area contributed by atoms with E-state index in [2.05, 4.69) is 11.9 Å². The molecular formula is C8H14N2O. The van der Waals surface area contributed by atoms with E-state index in [-0.39, 0.29) is 6.10 Å². The molecule has 0 bridgehead atoms. The Balaban J connectivity index is 2.49. The molecule has 2 atom stereocenters. The van der Waals surface area contributed by atoms with Gasteiger partial charge in [0, 0.05) is 18.4 Å². The zero-order valence-corrected chi connectivity index (χ0v) is 6.94. The molecule has 0 aliphatic rings. The quantitative estimate of drug-likeness (QED) is 0.710. The van der Waals surface area contributed by atoms with Gasteiger partial charge in [-0.25, -0.2) is 4.98 Å². The second-order valence-electron chi connectivity index (χ2n) is 2.94. The molecule has 11 heavy (non-hydrogen) atoms. The van der Waals surface area contributed by atoms with Crippen LogP contribution in [0.5, 0.6) is 0 Å². The van der Waals surface area contributed by atoms with E-state index in [9.17, 15) is 0 Å². The van der Waals surface area contributed by atoms with Crippen molar-refractivity contribution < 1.29 is 5.11 Å². The molecule has 2 unspecified atom stereocenters. The van der Waals surface area contributed by atoms with Crippen molar-refractivity contribution in [1.82, 2.24) is 9.55 Å². The number of hydrogen-bond donors (Lipinski definition) is 1. The number of nitrogens with zero attached hydrogens (tertiary/aromatic N) is 2. The Morgan fingerprint density at radius 2 is 2.27 bits per heavy atom. The van der Waals surface area contributed by atoms with Crippen LogP contribution < -0.4 is 0 Å². The smallest absolute Gasteiger partial charge is 0.0948 e. The number of rotatable bonds is 3. The van der Waals surface area contributed by atoms with Gasteiger partial charge in [0.25, 0.3) is 0 Å². The van der Waals surface area contributed by atoms with E-state index in [1.54, 1.807) is 19.4 Å². The molecule has 0 fully saturated rings. The first-order valence-corrected chi connectivity index (χ1v) is 3.85. The molecule has 1 aromatic rings. The van der Waals surface area contributed by atoms with E-state index in [4.69, 9.17) is 5.11 Å². The summed E-state index contributed by atoms with van der Waals surface area (Å²) in [6.07, 6.45) is 5.96. The number of aromatic nitrogens is 2. The van der Waals surface area contributed by atoms with Crippen molar-refractivity contribution in [2.24, 2.45) is 0 Å². The van der Waals surface area contributed by atoms with E-state index < -0.39 is 0 Å². The van der Waals surface area contributed by atoms with Crippen LogP contribution in [0.3, 0.4) is 0 Å². The zero-order valence-electron chi connectivity index (χ0n) is 6.94. The summed E-state index contributed by atoms with van der Waals surface area (Å²) in [6.45, 7) is 3.86. The first-order valence-electron chi connectivity index (χ1n) is 3.85. The van der Waals surface area contributed by atoms with Gasteiger partial charge in [0.1, 0.15) is 0 Å². The van der Waals surface area contributed by atoms with E-state index >= 15 is 0 Å². The second kappa shape index (κ2) is 3.53. The Bertz CT molecular complexity index is 194. The number of hydrogen-bond acceptors (Lipinski definition) is 2. The van der Waals surface area contributed by atoms with Gasteiger partial charge in [-0.15, -0.1) is 0 Å². The van der Waals surface area contributed by atoms with Crippen LogP contribution in [0.1, 0.15) is 26.3 Å². The lowest BCUT2D eigenvalue weighted by atomic mass is 10.1. The summed E-state index contributed by atoms with van der Waals surface area (Å²) in [4.78, 5) is 3.93. The second-order valence-corrected chi connectivity index (χ2v) is 2.94. The molecular weight excluding hydrogens is 140 g/mol. The van der Waals surface area contributed by atoms with Crippen molar-refractivity contribution in [2.75, 3.05) is 0 Å². The highest BCUT2D eigenvalue weighted by Crippen LogP contribution is 2.11. The van der Waals surface area contributed by atoms with E-state index in [1.165, 1.54) is 0 Å². The van der Waals surface area contributed by atoms with E-state index in [1.807, 2.05) is 10.8 Å². The Hall–Kier alpha value is -0.830. The minimum atomic E-state index is -0.243. The minimum Gasteiger partial charge on any atom is -0.393 e. The van der Waals surface area contributed by atoms with Gasteiger partial charge < -0.3 is 9.67 Å². The Kier molecular flexibility index (Phi) is 2.65. The summed E-state index contributed by atoms with van der Waals surface area (Å²) in [5.74, 6) is 0. The third kappa shape index (κ3) is 2.35. The van der Waals surface area contributed by atoms with Gasteiger partial charge in [-0.1, -0.05) is 0 Å². The molecule has 3 heteroatoms. The van der Waals surface area contributed by atoms with E-state index in [0.29, 0.717) is 6.04 Å². The number of aliphatic hydroxyl groups excluding tert-OH is 1. The van der Waals surface area contributed by atoms with Crippen molar-refractivity contribution in [1.29, 1.82) is 0 Å². The van der Waals surface area contributed by atoms with Crippen LogP contribution >= 0.6 is 0 Å². The molecule has 0 aliphatic heterocycles. The third-order valence-electron chi connectivity index (χ3n) is 1.72. The molecule has 62 valence electrons. The fourth-order valence-corrected chi connectivity index (χ4v) is 1.15. The normalized spacial score (nSPS) is 16.3.